The van der Waals surface area contributed by atoms with Crippen molar-refractivity contribution in [3.63, 3.8) is 0 Å². The van der Waals surface area contributed by atoms with Gasteiger partial charge in [0.05, 0.1) is 12.7 Å². The van der Waals surface area contributed by atoms with Crippen LogP contribution in [0.2, 0.25) is 0 Å². The van der Waals surface area contributed by atoms with E-state index in [1.54, 1.807) is 0 Å². The van der Waals surface area contributed by atoms with Crippen molar-refractivity contribution in [2.24, 2.45) is 11.8 Å². The molecule has 2 aliphatic heterocycles. The maximum absolute atomic E-state index is 5.86. The quantitative estimate of drug-likeness (QED) is 0.777. The number of rotatable bonds is 3. The van der Waals surface area contributed by atoms with Crippen LogP contribution in [-0.4, -0.2) is 50.3 Å². The van der Waals surface area contributed by atoms with E-state index in [0.29, 0.717) is 6.10 Å². The Kier molecular flexibility index (Phi) is 3.46. The fourth-order valence-corrected chi connectivity index (χ4v) is 3.10. The predicted molar refractivity (Wildman–Crippen MR) is 64.5 cm³/mol. The second-order valence-corrected chi connectivity index (χ2v) is 5.72. The summed E-state index contributed by atoms with van der Waals surface area (Å²) >= 11 is 0. The number of nitrogens with zero attached hydrogens (tertiary/aromatic N) is 1. The minimum absolute atomic E-state index is 0.560. The summed E-state index contributed by atoms with van der Waals surface area (Å²) in [5.41, 5.74) is 0. The van der Waals surface area contributed by atoms with Gasteiger partial charge in [-0.3, -0.25) is 4.90 Å². The summed E-state index contributed by atoms with van der Waals surface area (Å²) in [5.74, 6) is 1.78. The monoisotopic (exact) mass is 224 g/mol. The molecular weight excluding hydrogens is 200 g/mol. The first kappa shape index (κ1) is 11.0. The Morgan fingerprint density at radius 3 is 2.94 bits per heavy atom. The van der Waals surface area contributed by atoms with Crippen LogP contribution in [0.4, 0.5) is 0 Å². The Morgan fingerprint density at radius 1 is 1.25 bits per heavy atom. The Balaban J connectivity index is 1.46. The minimum Gasteiger partial charge on any atom is -0.375 e. The highest BCUT2D eigenvalue weighted by Gasteiger charge is 2.35. The molecule has 3 nitrogen and oxygen atoms in total. The minimum atomic E-state index is 0.560. The molecule has 0 amide bonds. The maximum atomic E-state index is 5.86. The molecule has 1 N–H and O–H groups in total. The summed E-state index contributed by atoms with van der Waals surface area (Å²) in [6, 6.07) is 0. The molecule has 2 heterocycles. The van der Waals surface area contributed by atoms with E-state index in [0.717, 1.165) is 25.0 Å². The molecule has 0 aromatic carbocycles. The van der Waals surface area contributed by atoms with Gasteiger partial charge in [0.25, 0.3) is 0 Å². The third-order valence-electron chi connectivity index (χ3n) is 4.24. The molecule has 0 aromatic heterocycles. The van der Waals surface area contributed by atoms with Crippen molar-refractivity contribution in [3.05, 3.63) is 0 Å². The van der Waals surface area contributed by atoms with E-state index in [-0.39, 0.29) is 0 Å². The highest BCUT2D eigenvalue weighted by atomic mass is 16.5. The van der Waals surface area contributed by atoms with E-state index >= 15 is 0 Å². The van der Waals surface area contributed by atoms with Crippen LogP contribution in [0.3, 0.4) is 0 Å². The Bertz CT molecular complexity index is 224. The zero-order valence-corrected chi connectivity index (χ0v) is 10.2. The van der Waals surface area contributed by atoms with E-state index < -0.39 is 0 Å². The van der Waals surface area contributed by atoms with E-state index in [9.17, 15) is 0 Å². The third kappa shape index (κ3) is 2.76. The van der Waals surface area contributed by atoms with Crippen molar-refractivity contribution < 1.29 is 4.74 Å². The Hall–Kier alpha value is -0.120. The Morgan fingerprint density at radius 2 is 2.19 bits per heavy atom. The molecular formula is C13H24N2O. The lowest BCUT2D eigenvalue weighted by Gasteiger charge is -2.36. The number of nitrogens with one attached hydrogen (secondary N) is 1. The molecule has 3 aliphatic rings. The van der Waals surface area contributed by atoms with Crippen molar-refractivity contribution in [1.82, 2.24) is 10.2 Å². The lowest BCUT2D eigenvalue weighted by molar-refractivity contribution is -0.0439. The van der Waals surface area contributed by atoms with Crippen LogP contribution >= 0.6 is 0 Å². The number of hydrogen-bond acceptors (Lipinski definition) is 3. The van der Waals surface area contributed by atoms with E-state index in [1.807, 2.05) is 0 Å². The van der Waals surface area contributed by atoms with Crippen molar-refractivity contribution in [2.75, 3.05) is 39.3 Å². The average molecular weight is 224 g/mol. The molecule has 92 valence electrons. The van der Waals surface area contributed by atoms with Crippen molar-refractivity contribution in [1.29, 1.82) is 0 Å². The number of hydrogen-bond donors (Lipinski definition) is 1. The lowest BCUT2D eigenvalue weighted by Crippen LogP contribution is -2.47. The smallest absolute Gasteiger partial charge is 0.0730 e. The summed E-state index contributed by atoms with van der Waals surface area (Å²) in [5, 5.41) is 3.51. The van der Waals surface area contributed by atoms with Crippen LogP contribution < -0.4 is 5.32 Å². The summed E-state index contributed by atoms with van der Waals surface area (Å²) in [4.78, 5) is 2.64. The van der Waals surface area contributed by atoms with Gasteiger partial charge in [0.2, 0.25) is 0 Å². The van der Waals surface area contributed by atoms with Crippen molar-refractivity contribution >= 4 is 0 Å². The summed E-state index contributed by atoms with van der Waals surface area (Å²) in [6.45, 7) is 7.05. The van der Waals surface area contributed by atoms with Gasteiger partial charge in [-0.2, -0.15) is 0 Å². The van der Waals surface area contributed by atoms with E-state index in [4.69, 9.17) is 4.74 Å². The zero-order valence-electron chi connectivity index (χ0n) is 10.2. The Labute approximate surface area is 98.5 Å². The van der Waals surface area contributed by atoms with Gasteiger partial charge < -0.3 is 10.1 Å². The molecule has 16 heavy (non-hydrogen) atoms. The maximum Gasteiger partial charge on any atom is 0.0730 e. The first-order valence-electron chi connectivity index (χ1n) is 6.96. The molecule has 2 atom stereocenters. The summed E-state index contributed by atoms with van der Waals surface area (Å²) in [6.07, 6.45) is 6.15. The molecule has 3 rings (SSSR count). The second kappa shape index (κ2) is 5.03. The molecule has 3 heteroatoms. The number of ether oxygens (including phenoxy) is 1. The van der Waals surface area contributed by atoms with Crippen LogP contribution in [0.1, 0.15) is 25.7 Å². The molecule has 1 saturated carbocycles. The highest BCUT2D eigenvalue weighted by molar-refractivity contribution is 4.87. The molecule has 0 radical (unpaired) electrons. The van der Waals surface area contributed by atoms with Crippen LogP contribution in [0.15, 0.2) is 0 Å². The first-order chi connectivity index (χ1) is 7.92. The van der Waals surface area contributed by atoms with Crippen molar-refractivity contribution in [3.8, 4) is 0 Å². The molecule has 0 aromatic rings. The lowest BCUT2D eigenvalue weighted by atomic mass is 9.98. The molecule has 2 saturated heterocycles. The number of piperidine rings is 1. The fourth-order valence-electron chi connectivity index (χ4n) is 3.10. The standard InChI is InChI=1S/C13H24N2O/c1-2-11(8-14-5-1)9-15-6-7-16-13(10-15)12-3-4-12/h11-14H,1-10H2. The summed E-state index contributed by atoms with van der Waals surface area (Å²) < 4.78 is 5.86. The van der Waals surface area contributed by atoms with Crippen LogP contribution in [-0.2, 0) is 4.74 Å². The third-order valence-corrected chi connectivity index (χ3v) is 4.24. The first-order valence-corrected chi connectivity index (χ1v) is 6.96. The predicted octanol–water partition coefficient (Wildman–Crippen LogP) is 1.10. The fraction of sp³-hybridized carbons (Fsp3) is 1.00. The van der Waals surface area contributed by atoms with Crippen LogP contribution in [0.5, 0.6) is 0 Å². The molecule has 1 aliphatic carbocycles. The van der Waals surface area contributed by atoms with Gasteiger partial charge >= 0.3 is 0 Å². The molecule has 2 unspecified atom stereocenters. The summed E-state index contributed by atoms with van der Waals surface area (Å²) in [7, 11) is 0. The van der Waals surface area contributed by atoms with Gasteiger partial charge in [0.15, 0.2) is 0 Å². The van der Waals surface area contributed by atoms with Crippen LogP contribution in [0, 0.1) is 11.8 Å². The molecule has 0 spiro atoms. The van der Waals surface area contributed by atoms with Crippen LogP contribution in [0.25, 0.3) is 0 Å². The SMILES string of the molecule is C1CNCC(CN2CCOC(C3CC3)C2)C1. The normalized spacial score (nSPS) is 37.5. The van der Waals surface area contributed by atoms with E-state index in [2.05, 4.69) is 10.2 Å². The molecule has 3 fully saturated rings. The average Bonchev–Trinajstić information content (AvgIpc) is 3.15. The van der Waals surface area contributed by atoms with Gasteiger partial charge in [-0.05, 0) is 50.6 Å². The largest absolute Gasteiger partial charge is 0.375 e. The zero-order chi connectivity index (χ0) is 10.8. The van der Waals surface area contributed by atoms with Gasteiger partial charge in [-0.15, -0.1) is 0 Å². The van der Waals surface area contributed by atoms with Gasteiger partial charge in [0.1, 0.15) is 0 Å². The van der Waals surface area contributed by atoms with Gasteiger partial charge in [0, 0.05) is 19.6 Å². The molecule has 0 bridgehead atoms. The number of morpholine rings is 1. The second-order valence-electron chi connectivity index (χ2n) is 5.72. The van der Waals surface area contributed by atoms with Crippen molar-refractivity contribution in [2.45, 2.75) is 31.8 Å². The van der Waals surface area contributed by atoms with E-state index in [1.165, 1.54) is 51.9 Å². The van der Waals surface area contributed by atoms with Gasteiger partial charge in [-0.1, -0.05) is 0 Å². The topological polar surface area (TPSA) is 24.5 Å². The highest BCUT2D eigenvalue weighted by Crippen LogP contribution is 2.35. The van der Waals surface area contributed by atoms with Gasteiger partial charge in [-0.25, -0.2) is 0 Å².